The van der Waals surface area contributed by atoms with E-state index >= 15 is 0 Å². The lowest BCUT2D eigenvalue weighted by Gasteiger charge is -2.14. The number of rotatable bonds is 6. The number of nitrogens with zero attached hydrogens (tertiary/aromatic N) is 1. The molecule has 0 aliphatic heterocycles. The number of aromatic nitrogens is 1. The summed E-state index contributed by atoms with van der Waals surface area (Å²) in [7, 11) is 0. The number of fused-ring (bicyclic) bond motifs is 3. The fourth-order valence-electron chi connectivity index (χ4n) is 3.57. The molecule has 0 bridgehead atoms. The van der Waals surface area contributed by atoms with Crippen molar-refractivity contribution in [1.82, 2.24) is 4.57 Å². The summed E-state index contributed by atoms with van der Waals surface area (Å²) in [5.41, 5.74) is 17.1. The standard InChI is InChI=1S/C23H25N3O/c1-2-3-12-27-23-7-5-4-6-16(23)15-26-21-13-17(24)8-10-19(21)20-11-9-18(25)14-22(20)26/h4-11,13-14H,2-3,12,15,24-25H2,1H3. The zero-order valence-corrected chi connectivity index (χ0v) is 15.6. The molecule has 0 aliphatic rings. The third-order valence-corrected chi connectivity index (χ3v) is 4.97. The van der Waals surface area contributed by atoms with Crippen LogP contribution in [0.3, 0.4) is 0 Å². The number of unbranched alkanes of at least 4 members (excludes halogenated alkanes) is 1. The smallest absolute Gasteiger partial charge is 0.124 e. The van der Waals surface area contributed by atoms with E-state index in [0.29, 0.717) is 6.54 Å². The third kappa shape index (κ3) is 3.31. The van der Waals surface area contributed by atoms with Crippen LogP contribution in [0.25, 0.3) is 21.8 Å². The predicted molar refractivity (Wildman–Crippen MR) is 114 cm³/mol. The van der Waals surface area contributed by atoms with Crippen molar-refractivity contribution in [3.63, 3.8) is 0 Å². The van der Waals surface area contributed by atoms with Gasteiger partial charge in [-0.1, -0.05) is 43.7 Å². The van der Waals surface area contributed by atoms with Crippen LogP contribution in [0.4, 0.5) is 11.4 Å². The Labute approximate surface area is 159 Å². The normalized spacial score (nSPS) is 11.3. The van der Waals surface area contributed by atoms with Gasteiger partial charge in [0, 0.05) is 27.7 Å². The van der Waals surface area contributed by atoms with Crippen molar-refractivity contribution in [1.29, 1.82) is 0 Å². The highest BCUT2D eigenvalue weighted by Gasteiger charge is 2.13. The number of anilines is 2. The molecule has 1 aromatic heterocycles. The average molecular weight is 359 g/mol. The van der Waals surface area contributed by atoms with Crippen molar-refractivity contribution in [2.24, 2.45) is 0 Å². The maximum atomic E-state index is 6.09. The Bertz CT molecular complexity index is 1040. The highest BCUT2D eigenvalue weighted by molar-refractivity contribution is 6.09. The molecule has 4 aromatic rings. The van der Waals surface area contributed by atoms with Gasteiger partial charge in [0.25, 0.3) is 0 Å². The van der Waals surface area contributed by atoms with E-state index in [-0.39, 0.29) is 0 Å². The van der Waals surface area contributed by atoms with Crippen LogP contribution in [0.2, 0.25) is 0 Å². The second kappa shape index (κ2) is 7.23. The Morgan fingerprint density at radius 1 is 0.852 bits per heavy atom. The summed E-state index contributed by atoms with van der Waals surface area (Å²) < 4.78 is 8.31. The van der Waals surface area contributed by atoms with Crippen LogP contribution in [0.15, 0.2) is 60.7 Å². The van der Waals surface area contributed by atoms with Crippen LogP contribution < -0.4 is 16.2 Å². The van der Waals surface area contributed by atoms with E-state index in [1.165, 1.54) is 10.8 Å². The topological polar surface area (TPSA) is 66.2 Å². The Hall–Kier alpha value is -3.14. The van der Waals surface area contributed by atoms with E-state index in [9.17, 15) is 0 Å². The number of hydrogen-bond acceptors (Lipinski definition) is 3. The first-order chi connectivity index (χ1) is 13.2. The summed E-state index contributed by atoms with van der Waals surface area (Å²) >= 11 is 0. The molecule has 0 aliphatic carbocycles. The largest absolute Gasteiger partial charge is 0.493 e. The summed E-state index contributed by atoms with van der Waals surface area (Å²) in [6.07, 6.45) is 2.17. The molecule has 4 nitrogen and oxygen atoms in total. The Kier molecular flexibility index (Phi) is 4.63. The van der Waals surface area contributed by atoms with E-state index in [1.54, 1.807) is 0 Å². The molecule has 4 N–H and O–H groups in total. The van der Waals surface area contributed by atoms with Crippen LogP contribution >= 0.6 is 0 Å². The van der Waals surface area contributed by atoms with Crippen LogP contribution in [0, 0.1) is 0 Å². The van der Waals surface area contributed by atoms with Crippen LogP contribution in [-0.2, 0) is 6.54 Å². The van der Waals surface area contributed by atoms with Crippen LogP contribution in [0.5, 0.6) is 5.75 Å². The first-order valence-corrected chi connectivity index (χ1v) is 9.45. The molecule has 138 valence electrons. The molecule has 1 heterocycles. The highest BCUT2D eigenvalue weighted by atomic mass is 16.5. The quantitative estimate of drug-likeness (QED) is 0.368. The number of nitrogens with two attached hydrogens (primary N) is 2. The first-order valence-electron chi connectivity index (χ1n) is 9.45. The van der Waals surface area contributed by atoms with Crippen molar-refractivity contribution in [3.05, 3.63) is 66.2 Å². The molecular formula is C23H25N3O. The van der Waals surface area contributed by atoms with Crippen LogP contribution in [-0.4, -0.2) is 11.2 Å². The molecule has 4 rings (SSSR count). The molecule has 0 saturated carbocycles. The molecule has 0 atom stereocenters. The van der Waals surface area contributed by atoms with Gasteiger partial charge in [0.1, 0.15) is 5.75 Å². The summed E-state index contributed by atoms with van der Waals surface area (Å²) in [5, 5.41) is 2.37. The van der Waals surface area contributed by atoms with Gasteiger partial charge >= 0.3 is 0 Å². The molecular weight excluding hydrogens is 334 g/mol. The Balaban J connectivity index is 1.84. The minimum atomic E-state index is 0.704. The fourth-order valence-corrected chi connectivity index (χ4v) is 3.57. The van der Waals surface area contributed by atoms with E-state index in [4.69, 9.17) is 16.2 Å². The third-order valence-electron chi connectivity index (χ3n) is 4.97. The maximum Gasteiger partial charge on any atom is 0.124 e. The lowest BCUT2D eigenvalue weighted by Crippen LogP contribution is -2.04. The highest BCUT2D eigenvalue weighted by Crippen LogP contribution is 2.33. The molecule has 0 radical (unpaired) electrons. The molecule has 0 saturated heterocycles. The summed E-state index contributed by atoms with van der Waals surface area (Å²) in [4.78, 5) is 0. The van der Waals surface area contributed by atoms with Crippen molar-refractivity contribution in [2.75, 3.05) is 18.1 Å². The number of nitrogen functional groups attached to an aromatic ring is 2. The number of hydrogen-bond donors (Lipinski definition) is 2. The molecule has 27 heavy (non-hydrogen) atoms. The van der Waals surface area contributed by atoms with E-state index in [1.807, 2.05) is 36.4 Å². The van der Waals surface area contributed by atoms with Gasteiger partial charge in [-0.3, -0.25) is 0 Å². The number of benzene rings is 3. The molecule has 3 aromatic carbocycles. The number of para-hydroxylation sites is 1. The van der Waals surface area contributed by atoms with Crippen molar-refractivity contribution >= 4 is 33.2 Å². The van der Waals surface area contributed by atoms with Crippen molar-refractivity contribution < 1.29 is 4.74 Å². The van der Waals surface area contributed by atoms with Crippen molar-refractivity contribution in [2.45, 2.75) is 26.3 Å². The molecule has 0 spiro atoms. The van der Waals surface area contributed by atoms with Gasteiger partial charge in [0.05, 0.1) is 24.2 Å². The fraction of sp³-hybridized carbons (Fsp3) is 0.217. The van der Waals surface area contributed by atoms with Crippen LogP contribution in [0.1, 0.15) is 25.3 Å². The van der Waals surface area contributed by atoms with E-state index in [0.717, 1.165) is 53.2 Å². The average Bonchev–Trinajstić information content (AvgIpc) is 2.95. The van der Waals surface area contributed by atoms with Gasteiger partial charge < -0.3 is 20.8 Å². The molecule has 4 heteroatoms. The lowest BCUT2D eigenvalue weighted by molar-refractivity contribution is 0.306. The minimum absolute atomic E-state index is 0.704. The zero-order chi connectivity index (χ0) is 18.8. The summed E-state index contributed by atoms with van der Waals surface area (Å²) in [6, 6.07) is 20.4. The summed E-state index contributed by atoms with van der Waals surface area (Å²) in [5.74, 6) is 0.939. The zero-order valence-electron chi connectivity index (χ0n) is 15.6. The lowest BCUT2D eigenvalue weighted by atomic mass is 10.1. The molecule has 0 unspecified atom stereocenters. The molecule has 0 fully saturated rings. The second-order valence-electron chi connectivity index (χ2n) is 6.95. The van der Waals surface area contributed by atoms with Crippen molar-refractivity contribution in [3.8, 4) is 5.75 Å². The monoisotopic (exact) mass is 359 g/mol. The van der Waals surface area contributed by atoms with E-state index in [2.05, 4.69) is 35.8 Å². The number of ether oxygens (including phenoxy) is 1. The Morgan fingerprint density at radius 2 is 1.48 bits per heavy atom. The van der Waals surface area contributed by atoms with Gasteiger partial charge in [0.2, 0.25) is 0 Å². The van der Waals surface area contributed by atoms with Gasteiger partial charge in [-0.2, -0.15) is 0 Å². The predicted octanol–water partition coefficient (Wildman–Crippen LogP) is 5.19. The van der Waals surface area contributed by atoms with Gasteiger partial charge in [-0.15, -0.1) is 0 Å². The minimum Gasteiger partial charge on any atom is -0.493 e. The Morgan fingerprint density at radius 3 is 2.11 bits per heavy atom. The maximum absolute atomic E-state index is 6.09. The second-order valence-corrected chi connectivity index (χ2v) is 6.95. The van der Waals surface area contributed by atoms with Gasteiger partial charge in [-0.05, 0) is 36.8 Å². The van der Waals surface area contributed by atoms with E-state index < -0.39 is 0 Å². The van der Waals surface area contributed by atoms with Gasteiger partial charge in [0.15, 0.2) is 0 Å². The first kappa shape index (κ1) is 17.3. The SMILES string of the molecule is CCCCOc1ccccc1Cn1c2cc(N)ccc2c2ccc(N)cc21. The summed E-state index contributed by atoms with van der Waals surface area (Å²) in [6.45, 7) is 3.61. The van der Waals surface area contributed by atoms with Gasteiger partial charge in [-0.25, -0.2) is 0 Å². The molecule has 0 amide bonds.